The van der Waals surface area contributed by atoms with E-state index in [9.17, 15) is 4.79 Å². The molecular weight excluding hydrogens is 420 g/mol. The molecule has 3 heterocycles. The molecule has 1 saturated heterocycles. The van der Waals surface area contributed by atoms with E-state index in [-0.39, 0.29) is 5.97 Å². The zero-order chi connectivity index (χ0) is 22.8. The lowest BCUT2D eigenvalue weighted by Crippen LogP contribution is -2.37. The summed E-state index contributed by atoms with van der Waals surface area (Å²) in [5.41, 5.74) is 5.06. The number of methoxy groups -OCH3 is 1. The Labute approximate surface area is 191 Å². The second-order valence-electron chi connectivity index (χ2n) is 7.79. The van der Waals surface area contributed by atoms with Crippen molar-refractivity contribution in [1.29, 1.82) is 0 Å². The Bertz CT molecular complexity index is 1300. The number of nitrogens with zero attached hydrogens (tertiary/aromatic N) is 5. The number of anilines is 3. The number of carbonyl (C=O) groups is 1. The Morgan fingerprint density at radius 1 is 1.06 bits per heavy atom. The maximum atomic E-state index is 11.7. The fourth-order valence-corrected chi connectivity index (χ4v) is 3.79. The molecule has 0 saturated carbocycles. The molecule has 2 aromatic carbocycles. The number of rotatable bonds is 5. The molecule has 1 aliphatic rings. The van der Waals surface area contributed by atoms with Crippen LogP contribution in [0.3, 0.4) is 0 Å². The number of imidazole rings is 1. The zero-order valence-electron chi connectivity index (χ0n) is 18.5. The Hall–Kier alpha value is -3.98. The third-order valence-electron chi connectivity index (χ3n) is 5.61. The molecule has 0 unspecified atom stereocenters. The van der Waals surface area contributed by atoms with E-state index in [0.29, 0.717) is 30.5 Å². The van der Waals surface area contributed by atoms with Crippen molar-refractivity contribution in [2.45, 2.75) is 0 Å². The van der Waals surface area contributed by atoms with E-state index in [1.54, 1.807) is 18.5 Å². The van der Waals surface area contributed by atoms with Gasteiger partial charge in [0.1, 0.15) is 5.82 Å². The van der Waals surface area contributed by atoms with Gasteiger partial charge in [-0.3, -0.25) is 0 Å². The molecule has 1 fully saturated rings. The highest BCUT2D eigenvalue weighted by Crippen LogP contribution is 2.28. The van der Waals surface area contributed by atoms with Crippen LogP contribution in [0.1, 0.15) is 10.4 Å². The molecule has 0 spiro atoms. The molecule has 1 N–H and O–H groups in total. The molecule has 0 bridgehead atoms. The maximum absolute atomic E-state index is 11.7. The van der Waals surface area contributed by atoms with Crippen LogP contribution in [0.15, 0.2) is 54.9 Å². The van der Waals surface area contributed by atoms with Gasteiger partial charge in [0.25, 0.3) is 0 Å². The average Bonchev–Trinajstić information content (AvgIpc) is 3.24. The van der Waals surface area contributed by atoms with E-state index in [4.69, 9.17) is 19.4 Å². The van der Waals surface area contributed by atoms with Crippen LogP contribution in [0, 0.1) is 0 Å². The number of aromatic nitrogens is 4. The van der Waals surface area contributed by atoms with Crippen molar-refractivity contribution in [1.82, 2.24) is 19.5 Å². The van der Waals surface area contributed by atoms with Crippen LogP contribution < -0.4 is 10.2 Å². The first-order valence-electron chi connectivity index (χ1n) is 10.7. The lowest BCUT2D eigenvalue weighted by molar-refractivity contribution is 0.0600. The SMILES string of the molecule is COC(=O)c1ccc(Nc2cc(-c3ccc4ncn(C)c4c3)nc(N3CCOCC3)n2)cc1. The Balaban J connectivity index is 1.52. The van der Waals surface area contributed by atoms with Gasteiger partial charge in [0.05, 0.1) is 48.9 Å². The predicted molar refractivity (Wildman–Crippen MR) is 126 cm³/mol. The molecule has 0 amide bonds. The van der Waals surface area contributed by atoms with Gasteiger partial charge in [-0.2, -0.15) is 4.98 Å². The van der Waals surface area contributed by atoms with E-state index in [1.807, 2.05) is 41.9 Å². The number of esters is 1. The predicted octanol–water partition coefficient (Wildman–Crippen LogP) is 3.40. The van der Waals surface area contributed by atoms with Gasteiger partial charge in [-0.1, -0.05) is 6.07 Å². The number of aryl methyl sites for hydroxylation is 1. The molecule has 9 nitrogen and oxygen atoms in total. The smallest absolute Gasteiger partial charge is 0.337 e. The summed E-state index contributed by atoms with van der Waals surface area (Å²) in [6.07, 6.45) is 1.80. The molecule has 2 aromatic heterocycles. The van der Waals surface area contributed by atoms with Crippen molar-refractivity contribution in [3.63, 3.8) is 0 Å². The van der Waals surface area contributed by atoms with Crippen LogP contribution in [0.4, 0.5) is 17.5 Å². The maximum Gasteiger partial charge on any atom is 0.337 e. The summed E-state index contributed by atoms with van der Waals surface area (Å²) < 4.78 is 12.3. The second kappa shape index (κ2) is 8.87. The standard InChI is InChI=1S/C24H24N6O3/c1-29-15-25-19-8-5-17(13-21(19)29)20-14-22(28-24(27-20)30-9-11-33-12-10-30)26-18-6-3-16(4-7-18)23(31)32-2/h3-8,13-15H,9-12H2,1-2H3,(H,26,27,28). The van der Waals surface area contributed by atoms with Gasteiger partial charge in [-0.25, -0.2) is 14.8 Å². The molecular formula is C24H24N6O3. The average molecular weight is 444 g/mol. The van der Waals surface area contributed by atoms with Gasteiger partial charge in [-0.05, 0) is 36.4 Å². The molecule has 0 radical (unpaired) electrons. The van der Waals surface area contributed by atoms with Crippen molar-refractivity contribution >= 4 is 34.5 Å². The van der Waals surface area contributed by atoms with Crippen LogP contribution in [0.25, 0.3) is 22.3 Å². The van der Waals surface area contributed by atoms with Crippen molar-refractivity contribution in [3.8, 4) is 11.3 Å². The fraction of sp³-hybridized carbons (Fsp3) is 0.250. The molecule has 168 valence electrons. The number of hydrogen-bond donors (Lipinski definition) is 1. The molecule has 9 heteroatoms. The number of nitrogens with one attached hydrogen (secondary N) is 1. The summed E-state index contributed by atoms with van der Waals surface area (Å²) in [4.78, 5) is 27.9. The number of morpholine rings is 1. The largest absolute Gasteiger partial charge is 0.465 e. The topological polar surface area (TPSA) is 94.4 Å². The third kappa shape index (κ3) is 4.35. The zero-order valence-corrected chi connectivity index (χ0v) is 18.5. The van der Waals surface area contributed by atoms with Crippen molar-refractivity contribution in [3.05, 3.63) is 60.4 Å². The van der Waals surface area contributed by atoms with Gasteiger partial charge < -0.3 is 24.3 Å². The summed E-state index contributed by atoms with van der Waals surface area (Å²) in [5.74, 6) is 0.943. The molecule has 0 aliphatic carbocycles. The first kappa shape index (κ1) is 20.9. The van der Waals surface area contributed by atoms with Gasteiger partial charge in [0, 0.05) is 37.5 Å². The number of ether oxygens (including phenoxy) is 2. The van der Waals surface area contributed by atoms with E-state index in [1.165, 1.54) is 7.11 Å². The van der Waals surface area contributed by atoms with Gasteiger partial charge >= 0.3 is 5.97 Å². The highest BCUT2D eigenvalue weighted by molar-refractivity contribution is 5.89. The normalized spacial score (nSPS) is 13.8. The summed E-state index contributed by atoms with van der Waals surface area (Å²) in [5, 5.41) is 3.34. The molecule has 0 atom stereocenters. The summed E-state index contributed by atoms with van der Waals surface area (Å²) in [7, 11) is 3.34. The Morgan fingerprint density at radius 2 is 1.85 bits per heavy atom. The minimum atomic E-state index is -0.369. The van der Waals surface area contributed by atoms with Crippen LogP contribution in [-0.2, 0) is 16.5 Å². The van der Waals surface area contributed by atoms with Crippen LogP contribution in [-0.4, -0.2) is 58.9 Å². The number of fused-ring (bicyclic) bond motifs is 1. The van der Waals surface area contributed by atoms with Gasteiger partial charge in [0.2, 0.25) is 5.95 Å². The van der Waals surface area contributed by atoms with E-state index in [0.717, 1.165) is 41.1 Å². The summed E-state index contributed by atoms with van der Waals surface area (Å²) in [6.45, 7) is 2.76. The monoisotopic (exact) mass is 444 g/mol. The van der Waals surface area contributed by atoms with Crippen molar-refractivity contribution < 1.29 is 14.3 Å². The highest BCUT2D eigenvalue weighted by Gasteiger charge is 2.17. The minimum Gasteiger partial charge on any atom is -0.465 e. The number of benzene rings is 2. The van der Waals surface area contributed by atoms with E-state index < -0.39 is 0 Å². The number of hydrogen-bond acceptors (Lipinski definition) is 8. The van der Waals surface area contributed by atoms with Gasteiger partial charge in [-0.15, -0.1) is 0 Å². The van der Waals surface area contributed by atoms with Crippen molar-refractivity contribution in [2.24, 2.45) is 7.05 Å². The third-order valence-corrected chi connectivity index (χ3v) is 5.61. The minimum absolute atomic E-state index is 0.369. The van der Waals surface area contributed by atoms with Crippen molar-refractivity contribution in [2.75, 3.05) is 43.6 Å². The van der Waals surface area contributed by atoms with Crippen LogP contribution in [0.5, 0.6) is 0 Å². The quantitative estimate of drug-likeness (QED) is 0.468. The Kier molecular flexibility index (Phi) is 5.62. The molecule has 33 heavy (non-hydrogen) atoms. The lowest BCUT2D eigenvalue weighted by atomic mass is 10.1. The second-order valence-corrected chi connectivity index (χ2v) is 7.79. The van der Waals surface area contributed by atoms with E-state index >= 15 is 0 Å². The molecule has 4 aromatic rings. The first-order chi connectivity index (χ1) is 16.1. The summed E-state index contributed by atoms with van der Waals surface area (Å²) >= 11 is 0. The first-order valence-corrected chi connectivity index (χ1v) is 10.7. The lowest BCUT2D eigenvalue weighted by Gasteiger charge is -2.27. The van der Waals surface area contributed by atoms with E-state index in [2.05, 4.69) is 21.3 Å². The number of carbonyl (C=O) groups excluding carboxylic acids is 1. The van der Waals surface area contributed by atoms with Gasteiger partial charge in [0.15, 0.2) is 0 Å². The molecule has 5 rings (SSSR count). The van der Waals surface area contributed by atoms with Crippen LogP contribution in [0.2, 0.25) is 0 Å². The molecule has 1 aliphatic heterocycles. The highest BCUT2D eigenvalue weighted by atomic mass is 16.5. The van der Waals surface area contributed by atoms with Crippen LogP contribution >= 0.6 is 0 Å². The summed E-state index contributed by atoms with van der Waals surface area (Å²) in [6, 6.07) is 15.1. The fourth-order valence-electron chi connectivity index (χ4n) is 3.79. The Morgan fingerprint density at radius 3 is 2.61 bits per heavy atom.